The zero-order chi connectivity index (χ0) is 20.2. The number of hydrogen-bond acceptors (Lipinski definition) is 7. The number of hydrogen-bond donors (Lipinski definition) is 1. The Morgan fingerprint density at radius 1 is 1.17 bits per heavy atom. The normalized spacial score (nSPS) is 10.8. The van der Waals surface area contributed by atoms with Crippen molar-refractivity contribution in [1.82, 2.24) is 15.5 Å². The van der Waals surface area contributed by atoms with Crippen molar-refractivity contribution < 1.29 is 18.8 Å². The van der Waals surface area contributed by atoms with Crippen LogP contribution in [0.5, 0.6) is 0 Å². The van der Waals surface area contributed by atoms with Crippen molar-refractivity contribution in [3.63, 3.8) is 0 Å². The zero-order valence-electron chi connectivity index (χ0n) is 15.5. The maximum absolute atomic E-state index is 12.3. The molecule has 0 radical (unpaired) electrons. The van der Waals surface area contributed by atoms with Crippen LogP contribution in [-0.2, 0) is 22.5 Å². The van der Waals surface area contributed by atoms with Gasteiger partial charge in [0.25, 0.3) is 0 Å². The number of ether oxygens (including phenoxy) is 1. The predicted octanol–water partition coefficient (Wildman–Crippen LogP) is 3.60. The maximum Gasteiger partial charge on any atom is 0.357 e. The quantitative estimate of drug-likeness (QED) is 0.491. The van der Waals surface area contributed by atoms with E-state index < -0.39 is 5.97 Å². The fraction of sp³-hybridized carbons (Fsp3) is 0.143. The van der Waals surface area contributed by atoms with Crippen LogP contribution >= 0.6 is 11.3 Å². The van der Waals surface area contributed by atoms with Gasteiger partial charge in [0.2, 0.25) is 5.91 Å². The molecule has 0 bridgehead atoms. The summed E-state index contributed by atoms with van der Waals surface area (Å²) in [7, 11) is 1.33. The standard InChI is InChI=1S/C21H17N3O4S/c1-27-21(26)17-12-29-20(23-17)14-6-4-5-13(9-14)11-22-19(25)10-16-15-7-2-3-8-18(15)28-24-16/h2-9,12H,10-11H2,1H3,(H,22,25). The van der Waals surface area contributed by atoms with E-state index in [1.165, 1.54) is 18.4 Å². The summed E-state index contributed by atoms with van der Waals surface area (Å²) in [5.41, 5.74) is 3.36. The van der Waals surface area contributed by atoms with Crippen LogP contribution in [0.15, 0.2) is 58.4 Å². The van der Waals surface area contributed by atoms with Gasteiger partial charge in [-0.3, -0.25) is 4.79 Å². The monoisotopic (exact) mass is 407 g/mol. The van der Waals surface area contributed by atoms with E-state index in [9.17, 15) is 9.59 Å². The number of esters is 1. The predicted molar refractivity (Wildman–Crippen MR) is 108 cm³/mol. The Morgan fingerprint density at radius 2 is 2.03 bits per heavy atom. The molecule has 4 aromatic rings. The number of nitrogens with one attached hydrogen (secondary N) is 1. The molecule has 2 aromatic heterocycles. The second-order valence-corrected chi connectivity index (χ2v) is 7.17. The maximum atomic E-state index is 12.3. The SMILES string of the molecule is COC(=O)c1csc(-c2cccc(CNC(=O)Cc3noc4ccccc34)c2)n1. The smallest absolute Gasteiger partial charge is 0.357 e. The number of thiazole rings is 1. The number of aromatic nitrogens is 2. The fourth-order valence-corrected chi connectivity index (χ4v) is 3.69. The highest BCUT2D eigenvalue weighted by molar-refractivity contribution is 7.13. The molecule has 0 aliphatic heterocycles. The summed E-state index contributed by atoms with van der Waals surface area (Å²) >= 11 is 1.37. The molecule has 0 fully saturated rings. The third-order valence-corrected chi connectivity index (χ3v) is 5.23. The molecule has 4 rings (SSSR count). The molecule has 2 aromatic carbocycles. The van der Waals surface area contributed by atoms with Crippen molar-refractivity contribution in [1.29, 1.82) is 0 Å². The highest BCUT2D eigenvalue weighted by Gasteiger charge is 2.13. The third kappa shape index (κ3) is 4.17. The molecule has 0 aliphatic carbocycles. The van der Waals surface area contributed by atoms with Gasteiger partial charge in [0.05, 0.1) is 13.5 Å². The van der Waals surface area contributed by atoms with E-state index in [-0.39, 0.29) is 18.0 Å². The lowest BCUT2D eigenvalue weighted by atomic mass is 10.1. The van der Waals surface area contributed by atoms with Crippen molar-refractivity contribution in [2.24, 2.45) is 0 Å². The number of nitrogens with zero attached hydrogens (tertiary/aromatic N) is 2. The van der Waals surface area contributed by atoms with Crippen LogP contribution in [0.3, 0.4) is 0 Å². The molecule has 0 saturated heterocycles. The first-order valence-corrected chi connectivity index (χ1v) is 9.75. The molecule has 29 heavy (non-hydrogen) atoms. The second-order valence-electron chi connectivity index (χ2n) is 6.31. The van der Waals surface area contributed by atoms with Gasteiger partial charge in [0.15, 0.2) is 11.3 Å². The molecule has 0 atom stereocenters. The number of amides is 1. The fourth-order valence-electron chi connectivity index (χ4n) is 2.90. The van der Waals surface area contributed by atoms with Crippen LogP contribution in [0, 0.1) is 0 Å². The molecule has 2 heterocycles. The number of rotatable bonds is 6. The molecule has 7 nitrogen and oxygen atoms in total. The molecule has 0 unspecified atom stereocenters. The Labute approximate surface area is 170 Å². The largest absolute Gasteiger partial charge is 0.464 e. The van der Waals surface area contributed by atoms with Gasteiger partial charge in [-0.1, -0.05) is 35.5 Å². The summed E-state index contributed by atoms with van der Waals surface area (Å²) in [6, 6.07) is 15.1. The average molecular weight is 407 g/mol. The molecule has 0 aliphatic rings. The number of benzene rings is 2. The van der Waals surface area contributed by atoms with Gasteiger partial charge >= 0.3 is 5.97 Å². The Kier molecular flexibility index (Phi) is 5.35. The van der Waals surface area contributed by atoms with Crippen LogP contribution in [-0.4, -0.2) is 29.1 Å². The van der Waals surface area contributed by atoms with Crippen molar-refractivity contribution in [3.05, 3.63) is 70.9 Å². The van der Waals surface area contributed by atoms with Gasteiger partial charge in [-0.25, -0.2) is 9.78 Å². The molecular weight excluding hydrogens is 390 g/mol. The van der Waals surface area contributed by atoms with Gasteiger partial charge in [0, 0.05) is 22.9 Å². The lowest BCUT2D eigenvalue weighted by molar-refractivity contribution is -0.120. The first kappa shape index (κ1) is 18.8. The molecule has 1 N–H and O–H groups in total. The molecular formula is C21H17N3O4S. The van der Waals surface area contributed by atoms with Crippen LogP contribution in [0.2, 0.25) is 0 Å². The third-order valence-electron chi connectivity index (χ3n) is 4.34. The minimum absolute atomic E-state index is 0.142. The van der Waals surface area contributed by atoms with Crippen molar-refractivity contribution in [3.8, 4) is 10.6 Å². The number of fused-ring (bicyclic) bond motifs is 1. The van der Waals surface area contributed by atoms with Crippen molar-refractivity contribution in [2.75, 3.05) is 7.11 Å². The number of para-hydroxylation sites is 1. The zero-order valence-corrected chi connectivity index (χ0v) is 16.4. The first-order valence-electron chi connectivity index (χ1n) is 8.87. The summed E-state index contributed by atoms with van der Waals surface area (Å²) in [5, 5.41) is 10.1. The van der Waals surface area contributed by atoms with Crippen LogP contribution in [0.25, 0.3) is 21.5 Å². The second kappa shape index (κ2) is 8.24. The summed E-state index contributed by atoms with van der Waals surface area (Å²) < 4.78 is 9.93. The van der Waals surface area contributed by atoms with E-state index in [2.05, 4.69) is 20.2 Å². The highest BCUT2D eigenvalue weighted by atomic mass is 32.1. The van der Waals surface area contributed by atoms with Crippen LogP contribution < -0.4 is 5.32 Å². The minimum Gasteiger partial charge on any atom is -0.464 e. The van der Waals surface area contributed by atoms with E-state index >= 15 is 0 Å². The van der Waals surface area contributed by atoms with Gasteiger partial charge in [-0.05, 0) is 23.8 Å². The number of carbonyl (C=O) groups is 2. The summed E-state index contributed by atoms with van der Waals surface area (Å²) in [6.45, 7) is 0.373. The number of methoxy groups -OCH3 is 1. The van der Waals surface area contributed by atoms with E-state index in [1.807, 2.05) is 48.5 Å². The van der Waals surface area contributed by atoms with E-state index in [0.717, 1.165) is 16.5 Å². The van der Waals surface area contributed by atoms with Crippen LogP contribution in [0.4, 0.5) is 0 Å². The van der Waals surface area contributed by atoms with Gasteiger partial charge in [-0.15, -0.1) is 11.3 Å². The summed E-state index contributed by atoms with van der Waals surface area (Å²) in [6.07, 6.45) is 0.145. The van der Waals surface area contributed by atoms with Crippen molar-refractivity contribution in [2.45, 2.75) is 13.0 Å². The molecule has 1 amide bonds. The molecule has 0 spiro atoms. The number of carbonyl (C=O) groups excluding carboxylic acids is 2. The van der Waals surface area contributed by atoms with Crippen LogP contribution in [0.1, 0.15) is 21.7 Å². The summed E-state index contributed by atoms with van der Waals surface area (Å²) in [5.74, 6) is -0.604. The summed E-state index contributed by atoms with van der Waals surface area (Å²) in [4.78, 5) is 28.2. The van der Waals surface area contributed by atoms with Gasteiger partial charge in [0.1, 0.15) is 10.7 Å². The average Bonchev–Trinajstić information content (AvgIpc) is 3.40. The van der Waals surface area contributed by atoms with Gasteiger partial charge < -0.3 is 14.6 Å². The highest BCUT2D eigenvalue weighted by Crippen LogP contribution is 2.25. The Bertz CT molecular complexity index is 1180. The Balaban J connectivity index is 1.41. The molecule has 0 saturated carbocycles. The Morgan fingerprint density at radius 3 is 2.90 bits per heavy atom. The topological polar surface area (TPSA) is 94.3 Å². The molecule has 8 heteroatoms. The minimum atomic E-state index is -0.462. The van der Waals surface area contributed by atoms with Crippen molar-refractivity contribution >= 4 is 34.2 Å². The first-order chi connectivity index (χ1) is 14.1. The van der Waals surface area contributed by atoms with Gasteiger partial charge in [-0.2, -0.15) is 0 Å². The van der Waals surface area contributed by atoms with E-state index in [0.29, 0.717) is 22.8 Å². The molecule has 146 valence electrons. The lowest BCUT2D eigenvalue weighted by Gasteiger charge is -2.06. The lowest BCUT2D eigenvalue weighted by Crippen LogP contribution is -2.24. The van der Waals surface area contributed by atoms with E-state index in [4.69, 9.17) is 4.52 Å². The van der Waals surface area contributed by atoms with E-state index in [1.54, 1.807) is 5.38 Å². The Hall–Kier alpha value is -3.52.